The second-order valence-corrected chi connectivity index (χ2v) is 3.05. The Kier molecular flexibility index (Phi) is 3.98. The van der Waals surface area contributed by atoms with E-state index >= 15 is 0 Å². The van der Waals surface area contributed by atoms with E-state index in [-0.39, 0.29) is 10.8 Å². The molecule has 0 radical (unpaired) electrons. The fourth-order valence-corrected chi connectivity index (χ4v) is 1.08. The quantitative estimate of drug-likeness (QED) is 0.623. The smallest absolute Gasteiger partial charge is 0.145 e. The number of nitrogens with two attached hydrogens (primary N) is 1. The van der Waals surface area contributed by atoms with Crippen molar-refractivity contribution in [3.05, 3.63) is 23.0 Å². The molecule has 0 amide bonds. The first-order valence-corrected chi connectivity index (χ1v) is 4.39. The summed E-state index contributed by atoms with van der Waals surface area (Å²) in [6.45, 7) is 0.742. The van der Waals surface area contributed by atoms with Gasteiger partial charge in [0.05, 0.1) is 17.3 Å². The molecule has 0 bridgehead atoms. The summed E-state index contributed by atoms with van der Waals surface area (Å²) < 4.78 is 22.9. The maximum Gasteiger partial charge on any atom is 0.145 e. The van der Waals surface area contributed by atoms with Gasteiger partial charge in [0.15, 0.2) is 0 Å². The van der Waals surface area contributed by atoms with Gasteiger partial charge in [-0.25, -0.2) is 4.39 Å². The molecule has 1 rings (SSSR count). The van der Waals surface area contributed by atoms with Gasteiger partial charge in [0, 0.05) is 13.2 Å². The molecule has 0 atom stereocenters. The molecule has 0 spiro atoms. The second kappa shape index (κ2) is 5.02. The lowest BCUT2D eigenvalue weighted by molar-refractivity contribution is 0.146. The molecule has 0 aliphatic carbocycles. The molecule has 0 unspecified atom stereocenters. The SMILES string of the molecule is COCCOc1cc(F)c(Cl)cc1N. The summed E-state index contributed by atoms with van der Waals surface area (Å²) in [6, 6.07) is 2.48. The number of rotatable bonds is 4. The summed E-state index contributed by atoms with van der Waals surface area (Å²) in [7, 11) is 1.55. The fraction of sp³-hybridized carbons (Fsp3) is 0.333. The zero-order valence-corrected chi connectivity index (χ0v) is 8.47. The Balaban J connectivity index is 2.72. The van der Waals surface area contributed by atoms with Crippen molar-refractivity contribution < 1.29 is 13.9 Å². The van der Waals surface area contributed by atoms with Crippen molar-refractivity contribution in [2.75, 3.05) is 26.1 Å². The number of ether oxygens (including phenoxy) is 2. The van der Waals surface area contributed by atoms with Crippen LogP contribution in [0.4, 0.5) is 10.1 Å². The van der Waals surface area contributed by atoms with Gasteiger partial charge in [0.2, 0.25) is 0 Å². The van der Waals surface area contributed by atoms with Crippen molar-refractivity contribution >= 4 is 17.3 Å². The fourth-order valence-electron chi connectivity index (χ4n) is 0.904. The average molecular weight is 220 g/mol. The normalized spacial score (nSPS) is 10.2. The average Bonchev–Trinajstić information content (AvgIpc) is 2.14. The number of halogens is 2. The first-order valence-electron chi connectivity index (χ1n) is 4.01. The van der Waals surface area contributed by atoms with Crippen LogP contribution in [0.2, 0.25) is 5.02 Å². The summed E-state index contributed by atoms with van der Waals surface area (Å²) in [5.41, 5.74) is 5.87. The molecule has 0 saturated carbocycles. The van der Waals surface area contributed by atoms with Crippen LogP contribution in [0, 0.1) is 5.82 Å². The Morgan fingerprint density at radius 2 is 2.14 bits per heavy atom. The third-order valence-corrected chi connectivity index (χ3v) is 1.89. The molecule has 78 valence electrons. The standard InChI is InChI=1S/C9H11ClFNO2/c1-13-2-3-14-9-5-7(11)6(10)4-8(9)12/h4-5H,2-3,12H2,1H3. The third kappa shape index (κ3) is 2.75. The number of benzene rings is 1. The summed E-state index contributed by atoms with van der Waals surface area (Å²) in [5, 5.41) is -0.0124. The van der Waals surface area contributed by atoms with Crippen molar-refractivity contribution in [3.8, 4) is 5.75 Å². The Hall–Kier alpha value is -1.00. The van der Waals surface area contributed by atoms with Gasteiger partial charge < -0.3 is 15.2 Å². The molecule has 1 aromatic carbocycles. The van der Waals surface area contributed by atoms with Gasteiger partial charge in [0.1, 0.15) is 18.2 Å². The van der Waals surface area contributed by atoms with E-state index in [4.69, 9.17) is 26.8 Å². The minimum atomic E-state index is -0.548. The van der Waals surface area contributed by atoms with Gasteiger partial charge in [-0.1, -0.05) is 11.6 Å². The van der Waals surface area contributed by atoms with Crippen LogP contribution in [0.25, 0.3) is 0 Å². The highest BCUT2D eigenvalue weighted by Crippen LogP contribution is 2.27. The summed E-state index contributed by atoms with van der Waals surface area (Å²) >= 11 is 5.51. The molecule has 3 nitrogen and oxygen atoms in total. The summed E-state index contributed by atoms with van der Waals surface area (Å²) in [6.07, 6.45) is 0. The van der Waals surface area contributed by atoms with Crippen molar-refractivity contribution in [1.82, 2.24) is 0 Å². The molecule has 5 heteroatoms. The van der Waals surface area contributed by atoms with E-state index in [2.05, 4.69) is 0 Å². The van der Waals surface area contributed by atoms with Crippen LogP contribution in [0.3, 0.4) is 0 Å². The molecule has 0 aliphatic rings. The Bertz CT molecular complexity index is 320. The van der Waals surface area contributed by atoms with Gasteiger partial charge in [-0.05, 0) is 6.07 Å². The summed E-state index contributed by atoms with van der Waals surface area (Å²) in [5.74, 6) is -0.266. The molecular formula is C9H11ClFNO2. The molecule has 2 N–H and O–H groups in total. The molecule has 0 fully saturated rings. The maximum atomic E-state index is 13.0. The van der Waals surface area contributed by atoms with E-state index in [0.717, 1.165) is 6.07 Å². The molecule has 14 heavy (non-hydrogen) atoms. The van der Waals surface area contributed by atoms with Crippen molar-refractivity contribution in [3.63, 3.8) is 0 Å². The van der Waals surface area contributed by atoms with Crippen LogP contribution in [-0.2, 0) is 4.74 Å². The van der Waals surface area contributed by atoms with Gasteiger partial charge in [0.25, 0.3) is 0 Å². The minimum Gasteiger partial charge on any atom is -0.489 e. The van der Waals surface area contributed by atoms with E-state index in [9.17, 15) is 4.39 Å². The number of anilines is 1. The van der Waals surface area contributed by atoms with E-state index in [1.165, 1.54) is 6.07 Å². The van der Waals surface area contributed by atoms with Gasteiger partial charge in [-0.2, -0.15) is 0 Å². The van der Waals surface area contributed by atoms with Crippen LogP contribution < -0.4 is 10.5 Å². The number of nitrogen functional groups attached to an aromatic ring is 1. The number of hydrogen-bond acceptors (Lipinski definition) is 3. The Morgan fingerprint density at radius 1 is 1.43 bits per heavy atom. The van der Waals surface area contributed by atoms with Crippen LogP contribution in [0.5, 0.6) is 5.75 Å². The monoisotopic (exact) mass is 219 g/mol. The highest BCUT2D eigenvalue weighted by molar-refractivity contribution is 6.31. The van der Waals surface area contributed by atoms with Crippen molar-refractivity contribution in [2.45, 2.75) is 0 Å². The van der Waals surface area contributed by atoms with Crippen molar-refractivity contribution in [2.24, 2.45) is 0 Å². The van der Waals surface area contributed by atoms with Gasteiger partial charge >= 0.3 is 0 Å². The van der Waals surface area contributed by atoms with E-state index in [1.807, 2.05) is 0 Å². The first kappa shape index (κ1) is 11.1. The molecule has 1 aromatic rings. The number of hydrogen-bond donors (Lipinski definition) is 1. The predicted octanol–water partition coefficient (Wildman–Crippen LogP) is 2.09. The molecule has 0 saturated heterocycles. The lowest BCUT2D eigenvalue weighted by atomic mass is 10.3. The number of methoxy groups -OCH3 is 1. The largest absolute Gasteiger partial charge is 0.489 e. The highest BCUT2D eigenvalue weighted by atomic mass is 35.5. The van der Waals surface area contributed by atoms with Crippen LogP contribution in [0.1, 0.15) is 0 Å². The minimum absolute atomic E-state index is 0.0124. The predicted molar refractivity (Wildman–Crippen MR) is 53.2 cm³/mol. The lowest BCUT2D eigenvalue weighted by Crippen LogP contribution is -2.06. The first-order chi connectivity index (χ1) is 6.65. The van der Waals surface area contributed by atoms with Crippen LogP contribution >= 0.6 is 11.6 Å². The zero-order valence-electron chi connectivity index (χ0n) is 7.72. The van der Waals surface area contributed by atoms with Gasteiger partial charge in [-0.15, -0.1) is 0 Å². The van der Waals surface area contributed by atoms with Crippen LogP contribution in [0.15, 0.2) is 12.1 Å². The molecular weight excluding hydrogens is 209 g/mol. The highest BCUT2D eigenvalue weighted by Gasteiger charge is 2.06. The van der Waals surface area contributed by atoms with Crippen molar-refractivity contribution in [1.29, 1.82) is 0 Å². The van der Waals surface area contributed by atoms with Gasteiger partial charge in [-0.3, -0.25) is 0 Å². The van der Waals surface area contributed by atoms with E-state index in [1.54, 1.807) is 7.11 Å². The van der Waals surface area contributed by atoms with E-state index in [0.29, 0.717) is 18.9 Å². The second-order valence-electron chi connectivity index (χ2n) is 2.65. The third-order valence-electron chi connectivity index (χ3n) is 1.60. The molecule has 0 aliphatic heterocycles. The zero-order chi connectivity index (χ0) is 10.6. The molecule has 0 heterocycles. The Morgan fingerprint density at radius 3 is 2.79 bits per heavy atom. The summed E-state index contributed by atoms with van der Waals surface area (Å²) in [4.78, 5) is 0. The van der Waals surface area contributed by atoms with E-state index < -0.39 is 5.82 Å². The Labute approximate surface area is 86.6 Å². The topological polar surface area (TPSA) is 44.5 Å². The lowest BCUT2D eigenvalue weighted by Gasteiger charge is -2.08. The molecule has 0 aromatic heterocycles. The maximum absolute atomic E-state index is 13.0. The van der Waals surface area contributed by atoms with Crippen LogP contribution in [-0.4, -0.2) is 20.3 Å².